The van der Waals surface area contributed by atoms with E-state index in [0.29, 0.717) is 6.42 Å². The quantitative estimate of drug-likeness (QED) is 0.777. The summed E-state index contributed by atoms with van der Waals surface area (Å²) in [6, 6.07) is 7.42. The van der Waals surface area contributed by atoms with E-state index in [1.807, 2.05) is 45.0 Å². The second-order valence-electron chi connectivity index (χ2n) is 5.76. The number of rotatable bonds is 4. The Morgan fingerprint density at radius 3 is 2.37 bits per heavy atom. The number of benzene rings is 1. The van der Waals surface area contributed by atoms with E-state index in [4.69, 9.17) is 0 Å². The summed E-state index contributed by atoms with van der Waals surface area (Å²) in [6.07, 6.45) is 2.37. The fourth-order valence-corrected chi connectivity index (χ4v) is 2.27. The lowest BCUT2D eigenvalue weighted by molar-refractivity contribution is -0.117. The Hall–Kier alpha value is -1.64. The maximum atomic E-state index is 12.3. The molecule has 19 heavy (non-hydrogen) atoms. The first-order chi connectivity index (χ1) is 8.95. The molecule has 1 fully saturated rings. The molecule has 3 heteroatoms. The number of carbonyl (C=O) groups is 2. The minimum Gasteiger partial charge on any atom is -0.312 e. The lowest BCUT2D eigenvalue weighted by Crippen LogP contribution is -2.25. The summed E-state index contributed by atoms with van der Waals surface area (Å²) in [5.41, 5.74) is 1.29. The molecular formula is C16H21NO2. The van der Waals surface area contributed by atoms with Gasteiger partial charge in [0.15, 0.2) is 5.78 Å². The van der Waals surface area contributed by atoms with Crippen molar-refractivity contribution >= 4 is 17.4 Å². The predicted molar refractivity (Wildman–Crippen MR) is 76.4 cm³/mol. The van der Waals surface area contributed by atoms with Crippen molar-refractivity contribution in [2.45, 2.75) is 40.0 Å². The summed E-state index contributed by atoms with van der Waals surface area (Å²) in [6.45, 7) is 6.74. The number of ketones is 1. The van der Waals surface area contributed by atoms with E-state index in [0.717, 1.165) is 30.6 Å². The first-order valence-electron chi connectivity index (χ1n) is 6.91. The maximum absolute atomic E-state index is 12.3. The van der Waals surface area contributed by atoms with Crippen molar-refractivity contribution in [1.82, 2.24) is 0 Å². The van der Waals surface area contributed by atoms with Crippen molar-refractivity contribution in [3.05, 3.63) is 29.8 Å². The Morgan fingerprint density at radius 2 is 1.89 bits per heavy atom. The van der Waals surface area contributed by atoms with E-state index >= 15 is 0 Å². The first kappa shape index (κ1) is 13.8. The SMILES string of the molecule is CCC(C)(C)C(=O)c1ccc(N2CCCC2=O)cc1. The molecule has 0 saturated carbocycles. The third kappa shape index (κ3) is 2.70. The molecule has 1 saturated heterocycles. The minimum atomic E-state index is -0.328. The molecule has 0 atom stereocenters. The summed E-state index contributed by atoms with van der Waals surface area (Å²) < 4.78 is 0. The second-order valence-corrected chi connectivity index (χ2v) is 5.76. The van der Waals surface area contributed by atoms with Crippen molar-refractivity contribution in [3.8, 4) is 0 Å². The molecule has 0 N–H and O–H groups in total. The van der Waals surface area contributed by atoms with Crippen LogP contribution in [0, 0.1) is 5.41 Å². The zero-order valence-electron chi connectivity index (χ0n) is 11.9. The average Bonchev–Trinajstić information content (AvgIpc) is 2.84. The highest BCUT2D eigenvalue weighted by atomic mass is 16.2. The van der Waals surface area contributed by atoms with E-state index < -0.39 is 0 Å². The zero-order valence-corrected chi connectivity index (χ0v) is 11.9. The summed E-state index contributed by atoms with van der Waals surface area (Å²) in [5, 5.41) is 0. The smallest absolute Gasteiger partial charge is 0.227 e. The number of nitrogens with zero attached hydrogens (tertiary/aromatic N) is 1. The van der Waals surface area contributed by atoms with Gasteiger partial charge in [0, 0.05) is 29.6 Å². The van der Waals surface area contributed by atoms with Gasteiger partial charge in [0.1, 0.15) is 0 Å². The summed E-state index contributed by atoms with van der Waals surface area (Å²) in [7, 11) is 0. The van der Waals surface area contributed by atoms with Gasteiger partial charge in [0.05, 0.1) is 0 Å². The summed E-state index contributed by atoms with van der Waals surface area (Å²) >= 11 is 0. The van der Waals surface area contributed by atoms with Crippen LogP contribution in [-0.4, -0.2) is 18.2 Å². The van der Waals surface area contributed by atoms with E-state index in [1.165, 1.54) is 0 Å². The van der Waals surface area contributed by atoms with Crippen molar-refractivity contribution in [3.63, 3.8) is 0 Å². The Balaban J connectivity index is 2.19. The van der Waals surface area contributed by atoms with Gasteiger partial charge in [-0.2, -0.15) is 0 Å². The molecule has 0 bridgehead atoms. The van der Waals surface area contributed by atoms with Crippen LogP contribution in [0.3, 0.4) is 0 Å². The molecule has 102 valence electrons. The van der Waals surface area contributed by atoms with Crippen molar-refractivity contribution in [2.75, 3.05) is 11.4 Å². The van der Waals surface area contributed by atoms with Gasteiger partial charge in [0.25, 0.3) is 0 Å². The lowest BCUT2D eigenvalue weighted by atomic mass is 9.82. The third-order valence-corrected chi connectivity index (χ3v) is 4.01. The van der Waals surface area contributed by atoms with Crippen LogP contribution in [0.5, 0.6) is 0 Å². The molecule has 0 radical (unpaired) electrons. The average molecular weight is 259 g/mol. The molecule has 1 aromatic carbocycles. The van der Waals surface area contributed by atoms with Crippen LogP contribution in [0.25, 0.3) is 0 Å². The molecular weight excluding hydrogens is 238 g/mol. The highest BCUT2D eigenvalue weighted by molar-refractivity contribution is 6.01. The molecule has 0 spiro atoms. The molecule has 1 heterocycles. The second kappa shape index (κ2) is 5.16. The predicted octanol–water partition coefficient (Wildman–Crippen LogP) is 3.43. The largest absolute Gasteiger partial charge is 0.312 e. The standard InChI is InChI=1S/C16H21NO2/c1-4-16(2,3)15(19)12-7-9-13(10-8-12)17-11-5-6-14(17)18/h7-10H,4-6,11H2,1-3H3. The lowest BCUT2D eigenvalue weighted by Gasteiger charge is -2.21. The van der Waals surface area contributed by atoms with E-state index in [9.17, 15) is 9.59 Å². The number of anilines is 1. The van der Waals surface area contributed by atoms with Gasteiger partial charge in [-0.05, 0) is 37.1 Å². The fourth-order valence-electron chi connectivity index (χ4n) is 2.27. The summed E-state index contributed by atoms with van der Waals surface area (Å²) in [5.74, 6) is 0.335. The van der Waals surface area contributed by atoms with Crippen LogP contribution in [0.1, 0.15) is 50.4 Å². The Labute approximate surface area is 114 Å². The fraction of sp³-hybridized carbons (Fsp3) is 0.500. The zero-order chi connectivity index (χ0) is 14.0. The highest BCUT2D eigenvalue weighted by Gasteiger charge is 2.27. The van der Waals surface area contributed by atoms with Crippen LogP contribution in [0.2, 0.25) is 0 Å². The van der Waals surface area contributed by atoms with Crippen LogP contribution in [0.15, 0.2) is 24.3 Å². The number of hydrogen-bond donors (Lipinski definition) is 0. The summed E-state index contributed by atoms with van der Waals surface area (Å²) in [4.78, 5) is 25.8. The molecule has 1 aliphatic heterocycles. The molecule has 0 aromatic heterocycles. The Kier molecular flexibility index (Phi) is 3.74. The van der Waals surface area contributed by atoms with E-state index in [2.05, 4.69) is 0 Å². The Bertz CT molecular complexity index is 488. The molecule has 3 nitrogen and oxygen atoms in total. The Morgan fingerprint density at radius 1 is 1.26 bits per heavy atom. The van der Waals surface area contributed by atoms with E-state index in [1.54, 1.807) is 4.90 Å². The maximum Gasteiger partial charge on any atom is 0.227 e. The van der Waals surface area contributed by atoms with Gasteiger partial charge < -0.3 is 4.90 Å². The molecule has 0 unspecified atom stereocenters. The van der Waals surface area contributed by atoms with Gasteiger partial charge in [-0.1, -0.05) is 20.8 Å². The van der Waals surface area contributed by atoms with Crippen LogP contribution in [0.4, 0.5) is 5.69 Å². The highest BCUT2D eigenvalue weighted by Crippen LogP contribution is 2.27. The van der Waals surface area contributed by atoms with Gasteiger partial charge in [0.2, 0.25) is 5.91 Å². The normalized spacial score (nSPS) is 15.9. The molecule has 1 aliphatic rings. The number of carbonyl (C=O) groups excluding carboxylic acids is 2. The molecule has 0 aliphatic carbocycles. The van der Waals surface area contributed by atoms with Crippen molar-refractivity contribution < 1.29 is 9.59 Å². The topological polar surface area (TPSA) is 37.4 Å². The van der Waals surface area contributed by atoms with Gasteiger partial charge in [-0.3, -0.25) is 9.59 Å². The van der Waals surface area contributed by atoms with Crippen LogP contribution >= 0.6 is 0 Å². The minimum absolute atomic E-state index is 0.161. The molecule has 1 amide bonds. The van der Waals surface area contributed by atoms with Crippen LogP contribution < -0.4 is 4.90 Å². The van der Waals surface area contributed by atoms with Crippen molar-refractivity contribution in [1.29, 1.82) is 0 Å². The monoisotopic (exact) mass is 259 g/mol. The van der Waals surface area contributed by atoms with Gasteiger partial charge in [-0.25, -0.2) is 0 Å². The molecule has 2 rings (SSSR count). The molecule has 1 aromatic rings. The van der Waals surface area contributed by atoms with Gasteiger partial charge in [-0.15, -0.1) is 0 Å². The van der Waals surface area contributed by atoms with Gasteiger partial charge >= 0.3 is 0 Å². The first-order valence-corrected chi connectivity index (χ1v) is 6.91. The van der Waals surface area contributed by atoms with Crippen molar-refractivity contribution in [2.24, 2.45) is 5.41 Å². The van der Waals surface area contributed by atoms with Crippen LogP contribution in [-0.2, 0) is 4.79 Å². The third-order valence-electron chi connectivity index (χ3n) is 4.01. The number of Topliss-reactive ketones (excluding diaryl/α,β-unsaturated/α-hetero) is 1. The number of amides is 1. The van der Waals surface area contributed by atoms with E-state index in [-0.39, 0.29) is 17.1 Å². The number of hydrogen-bond acceptors (Lipinski definition) is 2.